The Hall–Kier alpha value is -2.65. The van der Waals surface area contributed by atoms with Crippen LogP contribution in [0.4, 0.5) is 5.82 Å². The number of hydrogen-bond donors (Lipinski definition) is 1. The maximum Gasteiger partial charge on any atom is 0.230 e. The van der Waals surface area contributed by atoms with E-state index in [1.54, 1.807) is 4.68 Å². The van der Waals surface area contributed by atoms with E-state index in [1.807, 2.05) is 36.4 Å². The van der Waals surface area contributed by atoms with E-state index < -0.39 is 6.10 Å². The molecule has 0 spiro atoms. The summed E-state index contributed by atoms with van der Waals surface area (Å²) >= 11 is 0. The van der Waals surface area contributed by atoms with Gasteiger partial charge in [0.2, 0.25) is 5.91 Å². The second-order valence-corrected chi connectivity index (χ2v) is 4.60. The number of aromatic nitrogens is 2. The van der Waals surface area contributed by atoms with E-state index >= 15 is 0 Å². The highest BCUT2D eigenvalue weighted by atomic mass is 16.3. The zero-order valence-electron chi connectivity index (χ0n) is 10.6. The number of amides is 1. The molecular weight excluding hydrogens is 256 g/mol. The normalized spacial score (nSPS) is 18.3. The Labute approximate surface area is 115 Å². The van der Waals surface area contributed by atoms with Crippen LogP contribution in [0, 0.1) is 11.3 Å². The van der Waals surface area contributed by atoms with Gasteiger partial charge in [0, 0.05) is 0 Å². The van der Waals surface area contributed by atoms with Crippen LogP contribution >= 0.6 is 0 Å². The molecule has 1 saturated heterocycles. The Morgan fingerprint density at radius 2 is 2.10 bits per heavy atom. The van der Waals surface area contributed by atoms with Crippen LogP contribution in [0.5, 0.6) is 0 Å². The average molecular weight is 268 g/mol. The number of benzene rings is 1. The molecule has 1 aliphatic heterocycles. The molecule has 1 aliphatic rings. The van der Waals surface area contributed by atoms with Crippen molar-refractivity contribution in [3.05, 3.63) is 42.1 Å². The van der Waals surface area contributed by atoms with Gasteiger partial charge >= 0.3 is 0 Å². The highest BCUT2D eigenvalue weighted by Gasteiger charge is 2.33. The monoisotopic (exact) mass is 268 g/mol. The number of hydrogen-bond acceptors (Lipinski definition) is 4. The predicted molar refractivity (Wildman–Crippen MR) is 71.3 cm³/mol. The van der Waals surface area contributed by atoms with E-state index in [-0.39, 0.29) is 18.9 Å². The number of anilines is 1. The minimum atomic E-state index is -0.701. The van der Waals surface area contributed by atoms with E-state index in [0.717, 1.165) is 5.69 Å². The number of para-hydroxylation sites is 1. The second-order valence-electron chi connectivity index (χ2n) is 4.60. The third kappa shape index (κ3) is 1.94. The van der Waals surface area contributed by atoms with Crippen LogP contribution in [-0.2, 0) is 4.79 Å². The molecule has 0 radical (unpaired) electrons. The van der Waals surface area contributed by atoms with Crippen molar-refractivity contribution in [2.24, 2.45) is 0 Å². The van der Waals surface area contributed by atoms with Crippen LogP contribution in [0.3, 0.4) is 0 Å². The molecule has 1 unspecified atom stereocenters. The molecule has 1 fully saturated rings. The summed E-state index contributed by atoms with van der Waals surface area (Å²) in [4.78, 5) is 13.4. The fourth-order valence-electron chi connectivity index (χ4n) is 2.33. The largest absolute Gasteiger partial charge is 0.391 e. The van der Waals surface area contributed by atoms with Gasteiger partial charge in [-0.25, -0.2) is 4.68 Å². The third-order valence-electron chi connectivity index (χ3n) is 3.23. The van der Waals surface area contributed by atoms with E-state index in [2.05, 4.69) is 5.10 Å². The van der Waals surface area contributed by atoms with Crippen molar-refractivity contribution in [1.29, 1.82) is 5.26 Å². The first-order chi connectivity index (χ1) is 9.70. The number of carbonyl (C=O) groups excluding carboxylic acids is 1. The highest BCUT2D eigenvalue weighted by Crippen LogP contribution is 2.27. The molecule has 100 valence electrons. The van der Waals surface area contributed by atoms with Gasteiger partial charge in [0.1, 0.15) is 11.6 Å². The summed E-state index contributed by atoms with van der Waals surface area (Å²) in [6, 6.07) is 11.3. The van der Waals surface area contributed by atoms with Gasteiger partial charge in [0.25, 0.3) is 0 Å². The van der Waals surface area contributed by atoms with Crippen molar-refractivity contribution < 1.29 is 9.90 Å². The Bertz CT molecular complexity index is 687. The molecule has 20 heavy (non-hydrogen) atoms. The summed E-state index contributed by atoms with van der Waals surface area (Å²) in [7, 11) is 0. The molecule has 2 aromatic rings. The molecule has 1 aromatic carbocycles. The second kappa shape index (κ2) is 4.79. The fourth-order valence-corrected chi connectivity index (χ4v) is 2.33. The van der Waals surface area contributed by atoms with Crippen LogP contribution in [0.25, 0.3) is 5.69 Å². The van der Waals surface area contributed by atoms with Crippen LogP contribution in [0.1, 0.15) is 12.0 Å². The lowest BCUT2D eigenvalue weighted by atomic mass is 10.3. The topological polar surface area (TPSA) is 82.2 Å². The summed E-state index contributed by atoms with van der Waals surface area (Å²) in [6.07, 6.45) is 0.804. The van der Waals surface area contributed by atoms with Crippen molar-refractivity contribution in [3.63, 3.8) is 0 Å². The van der Waals surface area contributed by atoms with Gasteiger partial charge in [0.15, 0.2) is 5.82 Å². The molecule has 6 nitrogen and oxygen atoms in total. The molecule has 0 saturated carbocycles. The number of nitriles is 1. The molecule has 3 rings (SSSR count). The first-order valence-corrected chi connectivity index (χ1v) is 6.22. The lowest BCUT2D eigenvalue weighted by molar-refractivity contribution is -0.117. The third-order valence-corrected chi connectivity index (χ3v) is 3.23. The summed E-state index contributed by atoms with van der Waals surface area (Å²) in [5, 5.41) is 23.0. The Kier molecular flexibility index (Phi) is 2.97. The van der Waals surface area contributed by atoms with Gasteiger partial charge < -0.3 is 5.11 Å². The van der Waals surface area contributed by atoms with Crippen LogP contribution in [-0.4, -0.2) is 33.4 Å². The van der Waals surface area contributed by atoms with E-state index in [9.17, 15) is 15.2 Å². The number of nitrogens with zero attached hydrogens (tertiary/aromatic N) is 4. The van der Waals surface area contributed by atoms with Crippen molar-refractivity contribution in [1.82, 2.24) is 9.78 Å². The average Bonchev–Trinajstić information content (AvgIpc) is 3.02. The van der Waals surface area contributed by atoms with E-state index in [0.29, 0.717) is 11.4 Å². The van der Waals surface area contributed by atoms with Crippen LogP contribution in [0.2, 0.25) is 0 Å². The first kappa shape index (κ1) is 12.4. The number of rotatable bonds is 2. The van der Waals surface area contributed by atoms with Gasteiger partial charge in [-0.2, -0.15) is 10.4 Å². The SMILES string of the molecule is N#Cc1cnn(-c2ccccc2)c1N1CC(O)CC1=O. The van der Waals surface area contributed by atoms with Gasteiger partial charge in [0.05, 0.1) is 31.0 Å². The quantitative estimate of drug-likeness (QED) is 0.875. The first-order valence-electron chi connectivity index (χ1n) is 6.22. The minimum absolute atomic E-state index is 0.0742. The summed E-state index contributed by atoms with van der Waals surface area (Å²) in [5.74, 6) is 0.215. The predicted octanol–water partition coefficient (Wildman–Crippen LogP) is 0.842. The van der Waals surface area contributed by atoms with Gasteiger partial charge in [-0.05, 0) is 12.1 Å². The fraction of sp³-hybridized carbons (Fsp3) is 0.214. The maximum absolute atomic E-state index is 12.0. The van der Waals surface area contributed by atoms with Crippen LogP contribution in [0.15, 0.2) is 36.5 Å². The van der Waals surface area contributed by atoms with Crippen LogP contribution < -0.4 is 4.90 Å². The lowest BCUT2D eigenvalue weighted by Gasteiger charge is -2.18. The number of β-amino-alcohol motifs (C(OH)–C–C–N with tert-alkyl or cyclic N) is 1. The van der Waals surface area contributed by atoms with Gasteiger partial charge in [-0.3, -0.25) is 9.69 Å². The maximum atomic E-state index is 12.0. The number of aliphatic hydroxyl groups excluding tert-OH is 1. The molecule has 6 heteroatoms. The smallest absolute Gasteiger partial charge is 0.230 e. The molecular formula is C14H12N4O2. The number of aliphatic hydroxyl groups is 1. The van der Waals surface area contributed by atoms with E-state index in [1.165, 1.54) is 11.1 Å². The summed E-state index contributed by atoms with van der Waals surface area (Å²) in [6.45, 7) is 0.187. The number of carbonyl (C=O) groups is 1. The summed E-state index contributed by atoms with van der Waals surface area (Å²) < 4.78 is 1.55. The Morgan fingerprint density at radius 3 is 2.70 bits per heavy atom. The molecule has 0 bridgehead atoms. The van der Waals surface area contributed by atoms with Crippen molar-refractivity contribution >= 4 is 11.7 Å². The molecule has 1 atom stereocenters. The molecule has 2 heterocycles. The lowest BCUT2D eigenvalue weighted by Crippen LogP contribution is -2.28. The van der Waals surface area contributed by atoms with Crippen molar-refractivity contribution in [3.8, 4) is 11.8 Å². The van der Waals surface area contributed by atoms with Crippen molar-refractivity contribution in [2.45, 2.75) is 12.5 Å². The van der Waals surface area contributed by atoms with Gasteiger partial charge in [-0.15, -0.1) is 0 Å². The molecule has 1 amide bonds. The molecule has 1 N–H and O–H groups in total. The molecule has 0 aliphatic carbocycles. The Balaban J connectivity index is 2.12. The van der Waals surface area contributed by atoms with E-state index in [4.69, 9.17) is 0 Å². The zero-order valence-corrected chi connectivity index (χ0v) is 10.6. The molecule has 1 aromatic heterocycles. The highest BCUT2D eigenvalue weighted by molar-refractivity contribution is 5.96. The standard InChI is InChI=1S/C14H12N4O2/c15-7-10-8-16-18(11-4-2-1-3-5-11)14(10)17-9-12(19)6-13(17)20/h1-5,8,12,19H,6,9H2. The van der Waals surface area contributed by atoms with Crippen molar-refractivity contribution in [2.75, 3.05) is 11.4 Å². The Morgan fingerprint density at radius 1 is 1.35 bits per heavy atom. The van der Waals surface area contributed by atoms with Gasteiger partial charge in [-0.1, -0.05) is 18.2 Å². The minimum Gasteiger partial charge on any atom is -0.391 e. The summed E-state index contributed by atoms with van der Waals surface area (Å²) in [5.41, 5.74) is 1.08. The zero-order chi connectivity index (χ0) is 14.1.